The van der Waals surface area contributed by atoms with Crippen molar-refractivity contribution in [1.29, 1.82) is 0 Å². The van der Waals surface area contributed by atoms with Gasteiger partial charge in [0.15, 0.2) is 0 Å². The molecular formula is C26H17F3N4. The average molecular weight is 442 g/mol. The van der Waals surface area contributed by atoms with Crippen LogP contribution < -0.4 is 5.32 Å². The largest absolute Gasteiger partial charge is 0.365 e. The monoisotopic (exact) mass is 442 g/mol. The van der Waals surface area contributed by atoms with E-state index in [2.05, 4.69) is 20.3 Å². The Morgan fingerprint density at radius 1 is 0.758 bits per heavy atom. The highest BCUT2D eigenvalue weighted by Gasteiger charge is 2.10. The highest BCUT2D eigenvalue weighted by molar-refractivity contribution is 5.93. The van der Waals surface area contributed by atoms with Crippen molar-refractivity contribution in [3.63, 3.8) is 0 Å². The first kappa shape index (κ1) is 20.6. The Balaban J connectivity index is 1.38. The maximum atomic E-state index is 14.7. The second-order valence-electron chi connectivity index (χ2n) is 7.50. The molecule has 0 saturated carbocycles. The topological polar surface area (TPSA) is 50.7 Å². The molecule has 2 aromatic carbocycles. The standard InChI is InChI=1S/C26H17F3N4/c27-20-3-1-2-19(11-20)24-12-17-7-9-31-26(22(17)15-32-24)33-14-16-4-5-21(23(28)10-16)18-6-8-30-25(29)13-18/h1-13,15H,14H2,(H,31,33). The Kier molecular flexibility index (Phi) is 5.44. The number of hydrogen-bond donors (Lipinski definition) is 1. The van der Waals surface area contributed by atoms with Crippen molar-refractivity contribution in [3.8, 4) is 22.4 Å². The number of pyridine rings is 3. The predicted molar refractivity (Wildman–Crippen MR) is 122 cm³/mol. The SMILES string of the molecule is Fc1cccc(-c2cc3ccnc(NCc4ccc(-c5ccnc(F)c5)c(F)c4)c3cn2)c1. The van der Waals surface area contributed by atoms with E-state index < -0.39 is 11.8 Å². The minimum absolute atomic E-state index is 0.303. The Hall–Kier alpha value is -4.26. The average Bonchev–Trinajstić information content (AvgIpc) is 2.82. The van der Waals surface area contributed by atoms with Crippen molar-refractivity contribution in [2.24, 2.45) is 0 Å². The van der Waals surface area contributed by atoms with E-state index in [0.717, 1.165) is 10.8 Å². The molecule has 1 N–H and O–H groups in total. The van der Waals surface area contributed by atoms with E-state index in [0.29, 0.717) is 40.3 Å². The molecule has 0 aliphatic rings. The third kappa shape index (κ3) is 4.39. The van der Waals surface area contributed by atoms with Gasteiger partial charge in [0.05, 0.1) is 5.69 Å². The van der Waals surface area contributed by atoms with Crippen LogP contribution in [-0.2, 0) is 6.54 Å². The van der Waals surface area contributed by atoms with Gasteiger partial charge in [0.2, 0.25) is 5.95 Å². The quantitative estimate of drug-likeness (QED) is 0.321. The van der Waals surface area contributed by atoms with Gasteiger partial charge in [-0.3, -0.25) is 4.98 Å². The first-order valence-corrected chi connectivity index (χ1v) is 10.2. The van der Waals surface area contributed by atoms with Crippen molar-refractivity contribution in [1.82, 2.24) is 15.0 Å². The molecule has 7 heteroatoms. The zero-order valence-corrected chi connectivity index (χ0v) is 17.3. The van der Waals surface area contributed by atoms with E-state index in [1.54, 1.807) is 42.7 Å². The zero-order chi connectivity index (χ0) is 22.8. The molecule has 0 bridgehead atoms. The predicted octanol–water partition coefficient (Wildman–Crippen LogP) is 6.39. The van der Waals surface area contributed by atoms with Crippen LogP contribution in [0.1, 0.15) is 5.56 Å². The van der Waals surface area contributed by atoms with E-state index in [4.69, 9.17) is 0 Å². The lowest BCUT2D eigenvalue weighted by atomic mass is 10.0. The van der Waals surface area contributed by atoms with Gasteiger partial charge >= 0.3 is 0 Å². The van der Waals surface area contributed by atoms with Crippen LogP contribution in [0.5, 0.6) is 0 Å². The molecule has 0 aliphatic carbocycles. The fourth-order valence-electron chi connectivity index (χ4n) is 3.67. The fraction of sp³-hybridized carbons (Fsp3) is 0.0385. The lowest BCUT2D eigenvalue weighted by molar-refractivity contribution is 0.584. The summed E-state index contributed by atoms with van der Waals surface area (Å²) >= 11 is 0. The fourth-order valence-corrected chi connectivity index (χ4v) is 3.67. The first-order valence-electron chi connectivity index (χ1n) is 10.2. The van der Waals surface area contributed by atoms with Crippen molar-refractivity contribution >= 4 is 16.6 Å². The summed E-state index contributed by atoms with van der Waals surface area (Å²) in [5.41, 5.74) is 2.78. The molecule has 5 rings (SSSR count). The Bertz CT molecular complexity index is 1470. The summed E-state index contributed by atoms with van der Waals surface area (Å²) in [5, 5.41) is 4.91. The van der Waals surface area contributed by atoms with Crippen LogP contribution in [0, 0.1) is 17.6 Å². The van der Waals surface area contributed by atoms with Crippen LogP contribution >= 0.6 is 0 Å². The van der Waals surface area contributed by atoms with Gasteiger partial charge in [-0.2, -0.15) is 4.39 Å². The molecular weight excluding hydrogens is 425 g/mol. The number of nitrogens with zero attached hydrogens (tertiary/aromatic N) is 3. The van der Waals surface area contributed by atoms with Gasteiger partial charge < -0.3 is 5.32 Å². The number of aromatic nitrogens is 3. The minimum atomic E-state index is -0.658. The van der Waals surface area contributed by atoms with Gasteiger partial charge in [-0.1, -0.05) is 24.3 Å². The molecule has 0 spiro atoms. The number of hydrogen-bond acceptors (Lipinski definition) is 4. The van der Waals surface area contributed by atoms with Crippen LogP contribution in [0.2, 0.25) is 0 Å². The van der Waals surface area contributed by atoms with Gasteiger partial charge in [-0.25, -0.2) is 18.7 Å². The van der Waals surface area contributed by atoms with Crippen LogP contribution in [-0.4, -0.2) is 15.0 Å². The van der Waals surface area contributed by atoms with Crippen LogP contribution in [0.25, 0.3) is 33.2 Å². The van der Waals surface area contributed by atoms with E-state index in [-0.39, 0.29) is 5.82 Å². The molecule has 0 amide bonds. The van der Waals surface area contributed by atoms with Gasteiger partial charge in [0.25, 0.3) is 0 Å². The molecule has 3 heterocycles. The first-order chi connectivity index (χ1) is 16.1. The number of halogens is 3. The molecule has 33 heavy (non-hydrogen) atoms. The highest BCUT2D eigenvalue weighted by Crippen LogP contribution is 2.27. The van der Waals surface area contributed by atoms with Crippen LogP contribution in [0.4, 0.5) is 19.0 Å². The number of fused-ring (bicyclic) bond motifs is 1. The maximum Gasteiger partial charge on any atom is 0.213 e. The zero-order valence-electron chi connectivity index (χ0n) is 17.3. The lowest BCUT2D eigenvalue weighted by Crippen LogP contribution is -2.03. The highest BCUT2D eigenvalue weighted by atomic mass is 19.1. The Labute approximate surface area is 187 Å². The molecule has 0 radical (unpaired) electrons. The molecule has 0 aliphatic heterocycles. The van der Waals surface area contributed by atoms with Crippen molar-refractivity contribution < 1.29 is 13.2 Å². The van der Waals surface area contributed by atoms with E-state index in [9.17, 15) is 13.2 Å². The number of anilines is 1. The molecule has 0 fully saturated rings. The smallest absolute Gasteiger partial charge is 0.213 e. The summed E-state index contributed by atoms with van der Waals surface area (Å²) in [6.45, 7) is 0.333. The van der Waals surface area contributed by atoms with E-state index in [1.807, 2.05) is 12.1 Å². The Morgan fingerprint density at radius 2 is 1.64 bits per heavy atom. The normalized spacial score (nSPS) is 11.0. The number of rotatable bonds is 5. The summed E-state index contributed by atoms with van der Waals surface area (Å²) in [4.78, 5) is 12.3. The van der Waals surface area contributed by atoms with Crippen molar-refractivity contribution in [2.75, 3.05) is 5.32 Å². The molecule has 0 unspecified atom stereocenters. The van der Waals surface area contributed by atoms with Crippen molar-refractivity contribution in [3.05, 3.63) is 108 Å². The summed E-state index contributed by atoms with van der Waals surface area (Å²) in [7, 11) is 0. The molecule has 0 saturated heterocycles. The van der Waals surface area contributed by atoms with Crippen molar-refractivity contribution in [2.45, 2.75) is 6.54 Å². The molecule has 162 valence electrons. The summed E-state index contributed by atoms with van der Waals surface area (Å²) in [6, 6.07) is 17.6. The molecule has 0 atom stereocenters. The van der Waals surface area contributed by atoms with Gasteiger partial charge in [0.1, 0.15) is 17.5 Å². The number of benzene rings is 2. The number of nitrogens with one attached hydrogen (secondary N) is 1. The van der Waals surface area contributed by atoms with E-state index in [1.165, 1.54) is 30.5 Å². The second kappa shape index (κ2) is 8.70. The molecule has 3 aromatic heterocycles. The lowest BCUT2D eigenvalue weighted by Gasteiger charge is -2.11. The second-order valence-corrected chi connectivity index (χ2v) is 7.50. The molecule has 4 nitrogen and oxygen atoms in total. The third-order valence-electron chi connectivity index (χ3n) is 5.30. The van der Waals surface area contributed by atoms with Crippen LogP contribution in [0.15, 0.2) is 85.3 Å². The summed E-state index contributed by atoms with van der Waals surface area (Å²) < 4.78 is 41.6. The Morgan fingerprint density at radius 3 is 2.45 bits per heavy atom. The summed E-state index contributed by atoms with van der Waals surface area (Å²) in [5.74, 6) is -0.828. The summed E-state index contributed by atoms with van der Waals surface area (Å²) in [6.07, 6.45) is 4.66. The van der Waals surface area contributed by atoms with Crippen LogP contribution in [0.3, 0.4) is 0 Å². The maximum absolute atomic E-state index is 14.7. The van der Waals surface area contributed by atoms with Gasteiger partial charge in [0, 0.05) is 47.7 Å². The third-order valence-corrected chi connectivity index (χ3v) is 5.30. The van der Waals surface area contributed by atoms with Gasteiger partial charge in [-0.05, 0) is 52.9 Å². The van der Waals surface area contributed by atoms with E-state index >= 15 is 0 Å². The van der Waals surface area contributed by atoms with Gasteiger partial charge in [-0.15, -0.1) is 0 Å². The molecule has 5 aromatic rings. The minimum Gasteiger partial charge on any atom is -0.365 e.